The normalized spacial score (nSPS) is 11.7. The molecular weight excluding hydrogens is 592 g/mol. The molecule has 0 radical (unpaired) electrons. The van der Waals surface area contributed by atoms with E-state index in [1.165, 1.54) is 16.7 Å². The van der Waals surface area contributed by atoms with Crippen LogP contribution >= 0.6 is 0 Å². The molecular formula is C34H44N4O8. The monoisotopic (exact) mass is 636 g/mol. The van der Waals surface area contributed by atoms with Crippen molar-refractivity contribution in [3.8, 4) is 0 Å². The number of carboxylic acids is 3. The number of carboxylic acid groups (broad SMARTS) is 3. The summed E-state index contributed by atoms with van der Waals surface area (Å²) in [4.78, 5) is 54.3. The highest BCUT2D eigenvalue weighted by atomic mass is 16.4. The third-order valence-electron chi connectivity index (χ3n) is 7.56. The van der Waals surface area contributed by atoms with Gasteiger partial charge in [-0.25, -0.2) is 4.79 Å². The summed E-state index contributed by atoms with van der Waals surface area (Å²) in [5.41, 5.74) is 0.927. The Morgan fingerprint density at radius 1 is 0.783 bits per heavy atom. The molecule has 1 amide bonds. The number of likely N-dealkylation sites (N-methyl/N-ethyl adjacent to an activating group) is 2. The van der Waals surface area contributed by atoms with Gasteiger partial charge >= 0.3 is 17.9 Å². The van der Waals surface area contributed by atoms with Gasteiger partial charge in [-0.15, -0.1) is 0 Å². The van der Waals surface area contributed by atoms with Gasteiger partial charge in [0.25, 0.3) is 0 Å². The number of pyridine rings is 2. The maximum atomic E-state index is 13.4. The Morgan fingerprint density at radius 3 is 1.65 bits per heavy atom. The number of nitrogens with zero attached hydrogens (tertiary/aromatic N) is 3. The molecule has 0 unspecified atom stereocenters. The molecule has 248 valence electrons. The first-order valence-electron chi connectivity index (χ1n) is 15.1. The van der Waals surface area contributed by atoms with Gasteiger partial charge in [0.05, 0.1) is 18.9 Å². The molecule has 12 heteroatoms. The standard InChI is InChI=1S/C28H36N4O.C6H8O7/c1-29-27(20-23-10-4-3-5-11-23)28(33)32(2)26(16-6-12-24-14-8-18-30-21-24)17-7-13-25-15-9-19-31-22-25;7-3(8)1-6(13,5(11)12)2-4(9)10/h3-5,8-11,14-15,18-19,21-22,26-27,29H,6-7,12-13,16-17,20H2,1-2H3;13H,1-2H2,(H,7,8)(H,9,10)(H,11,12)/t27-;/m0./s1. The second-order valence-electron chi connectivity index (χ2n) is 11.1. The first-order valence-corrected chi connectivity index (χ1v) is 15.1. The van der Waals surface area contributed by atoms with Gasteiger partial charge in [-0.05, 0) is 80.8 Å². The number of carbonyl (C=O) groups excluding carboxylic acids is 1. The van der Waals surface area contributed by atoms with Crippen molar-refractivity contribution in [1.29, 1.82) is 0 Å². The highest BCUT2D eigenvalue weighted by Gasteiger charge is 2.40. The molecule has 0 aliphatic rings. The molecule has 3 aromatic rings. The smallest absolute Gasteiger partial charge is 0.336 e. The van der Waals surface area contributed by atoms with E-state index in [9.17, 15) is 19.2 Å². The van der Waals surface area contributed by atoms with Gasteiger partial charge in [0.15, 0.2) is 5.60 Å². The van der Waals surface area contributed by atoms with E-state index in [2.05, 4.69) is 39.6 Å². The molecule has 46 heavy (non-hydrogen) atoms. The molecule has 0 aliphatic carbocycles. The van der Waals surface area contributed by atoms with Crippen LogP contribution in [-0.2, 0) is 38.4 Å². The van der Waals surface area contributed by atoms with Gasteiger partial charge in [-0.2, -0.15) is 0 Å². The Balaban J connectivity index is 0.000000479. The molecule has 2 aromatic heterocycles. The third-order valence-corrected chi connectivity index (χ3v) is 7.56. The van der Waals surface area contributed by atoms with Crippen LogP contribution in [0.1, 0.15) is 55.2 Å². The zero-order valence-corrected chi connectivity index (χ0v) is 26.3. The van der Waals surface area contributed by atoms with E-state index in [-0.39, 0.29) is 18.0 Å². The number of carbonyl (C=O) groups is 4. The fourth-order valence-electron chi connectivity index (χ4n) is 5.01. The van der Waals surface area contributed by atoms with Crippen LogP contribution in [0, 0.1) is 0 Å². The average molecular weight is 637 g/mol. The number of aliphatic carboxylic acids is 3. The van der Waals surface area contributed by atoms with Crippen molar-refractivity contribution in [2.24, 2.45) is 0 Å². The molecule has 0 spiro atoms. The predicted molar refractivity (Wildman–Crippen MR) is 171 cm³/mol. The fourth-order valence-corrected chi connectivity index (χ4v) is 5.01. The van der Waals surface area contributed by atoms with Gasteiger partial charge in [-0.1, -0.05) is 42.5 Å². The van der Waals surface area contributed by atoms with Crippen molar-refractivity contribution in [3.63, 3.8) is 0 Å². The molecule has 0 aliphatic heterocycles. The summed E-state index contributed by atoms with van der Waals surface area (Å²) in [6.07, 6.45) is 11.9. The summed E-state index contributed by atoms with van der Waals surface area (Å²) in [7, 11) is 3.84. The molecule has 1 atom stereocenters. The minimum atomic E-state index is -2.74. The van der Waals surface area contributed by atoms with Gasteiger partial charge in [-0.3, -0.25) is 24.4 Å². The molecule has 0 saturated heterocycles. The van der Waals surface area contributed by atoms with E-state index in [0.29, 0.717) is 6.42 Å². The van der Waals surface area contributed by atoms with Crippen LogP contribution in [-0.4, -0.2) is 90.9 Å². The van der Waals surface area contributed by atoms with Crippen molar-refractivity contribution in [3.05, 3.63) is 96.1 Å². The van der Waals surface area contributed by atoms with Crippen LogP contribution in [0.3, 0.4) is 0 Å². The highest BCUT2D eigenvalue weighted by Crippen LogP contribution is 2.18. The lowest BCUT2D eigenvalue weighted by atomic mass is 9.96. The molecule has 0 bridgehead atoms. The number of nitrogens with one attached hydrogen (secondary N) is 1. The third kappa shape index (κ3) is 13.5. The van der Waals surface area contributed by atoms with Crippen LogP contribution in [0.25, 0.3) is 0 Å². The van der Waals surface area contributed by atoms with Crippen LogP contribution in [0.5, 0.6) is 0 Å². The molecule has 1 aromatic carbocycles. The zero-order chi connectivity index (χ0) is 34.0. The van der Waals surface area contributed by atoms with E-state index in [0.717, 1.165) is 38.5 Å². The van der Waals surface area contributed by atoms with Crippen molar-refractivity contribution in [2.45, 2.75) is 75.5 Å². The van der Waals surface area contributed by atoms with Gasteiger partial charge in [0, 0.05) is 37.9 Å². The second-order valence-corrected chi connectivity index (χ2v) is 11.1. The Kier molecular flexibility index (Phi) is 16.0. The first kappa shape index (κ1) is 37.5. The number of aryl methyl sites for hydroxylation is 2. The largest absolute Gasteiger partial charge is 0.481 e. The predicted octanol–water partition coefficient (Wildman–Crippen LogP) is 3.23. The molecule has 0 fully saturated rings. The Hall–Kier alpha value is -4.68. The van der Waals surface area contributed by atoms with E-state index < -0.39 is 36.4 Å². The fraction of sp³-hybridized carbons (Fsp3) is 0.412. The Labute approximate surface area is 269 Å². The second kappa shape index (κ2) is 19.7. The van der Waals surface area contributed by atoms with Crippen molar-refractivity contribution < 1.29 is 39.6 Å². The lowest BCUT2D eigenvalue weighted by Crippen LogP contribution is -2.48. The molecule has 0 saturated carbocycles. The quantitative estimate of drug-likeness (QED) is 0.138. The van der Waals surface area contributed by atoms with Crippen LogP contribution in [0.4, 0.5) is 0 Å². The number of aromatic nitrogens is 2. The maximum Gasteiger partial charge on any atom is 0.336 e. The number of rotatable bonds is 18. The summed E-state index contributed by atoms with van der Waals surface area (Å²) in [6.45, 7) is 0. The minimum absolute atomic E-state index is 0.161. The number of hydrogen-bond acceptors (Lipinski definition) is 8. The summed E-state index contributed by atoms with van der Waals surface area (Å²) in [5, 5.41) is 37.1. The lowest BCUT2D eigenvalue weighted by molar-refractivity contribution is -0.170. The SMILES string of the molecule is CN[C@@H](Cc1ccccc1)C(=O)N(C)C(CCCc1cccnc1)CCCc1cccnc1.O=C(O)CC(O)(CC(=O)O)C(=O)O. The molecule has 5 N–H and O–H groups in total. The first-order chi connectivity index (χ1) is 21.9. The lowest BCUT2D eigenvalue weighted by Gasteiger charge is -2.32. The molecule has 12 nitrogen and oxygen atoms in total. The Bertz CT molecular complexity index is 1300. The van der Waals surface area contributed by atoms with E-state index in [1.807, 2.05) is 74.1 Å². The van der Waals surface area contributed by atoms with E-state index in [4.69, 9.17) is 20.4 Å². The number of hydrogen-bond donors (Lipinski definition) is 5. The van der Waals surface area contributed by atoms with Crippen LogP contribution in [0.15, 0.2) is 79.4 Å². The maximum absolute atomic E-state index is 13.4. The van der Waals surface area contributed by atoms with Crippen molar-refractivity contribution in [2.75, 3.05) is 14.1 Å². The topological polar surface area (TPSA) is 190 Å². The molecule has 2 heterocycles. The summed E-state index contributed by atoms with van der Waals surface area (Å²) < 4.78 is 0. The van der Waals surface area contributed by atoms with Crippen LogP contribution in [0.2, 0.25) is 0 Å². The van der Waals surface area contributed by atoms with Crippen LogP contribution < -0.4 is 5.32 Å². The van der Waals surface area contributed by atoms with Crippen molar-refractivity contribution in [1.82, 2.24) is 20.2 Å². The van der Waals surface area contributed by atoms with Gasteiger partial charge < -0.3 is 30.6 Å². The Morgan fingerprint density at radius 2 is 1.26 bits per heavy atom. The summed E-state index contributed by atoms with van der Waals surface area (Å²) >= 11 is 0. The van der Waals surface area contributed by atoms with E-state index >= 15 is 0 Å². The molecule has 3 rings (SSSR count). The van der Waals surface area contributed by atoms with E-state index in [1.54, 1.807) is 0 Å². The highest BCUT2D eigenvalue weighted by molar-refractivity contribution is 5.88. The summed E-state index contributed by atoms with van der Waals surface area (Å²) in [6, 6.07) is 18.4. The zero-order valence-electron chi connectivity index (χ0n) is 26.3. The average Bonchev–Trinajstić information content (AvgIpc) is 3.03. The van der Waals surface area contributed by atoms with Crippen molar-refractivity contribution >= 4 is 23.8 Å². The number of benzene rings is 1. The minimum Gasteiger partial charge on any atom is -0.481 e. The summed E-state index contributed by atoms with van der Waals surface area (Å²) in [5.74, 6) is -4.86. The number of aliphatic hydroxyl groups is 1. The van der Waals surface area contributed by atoms with Gasteiger partial charge in [0.2, 0.25) is 5.91 Å². The number of amides is 1. The van der Waals surface area contributed by atoms with Gasteiger partial charge in [0.1, 0.15) is 0 Å².